The number of halogens is 1. The molecular weight excluding hydrogens is 210 g/mol. The van der Waals surface area contributed by atoms with E-state index in [1.807, 2.05) is 32.0 Å². The number of hydrogen-bond acceptors (Lipinski definition) is 2. The molecule has 0 saturated carbocycles. The summed E-state index contributed by atoms with van der Waals surface area (Å²) in [6, 6.07) is 5.97. The summed E-state index contributed by atoms with van der Waals surface area (Å²) in [6.45, 7) is 5.40. The third-order valence-electron chi connectivity index (χ3n) is 2.40. The summed E-state index contributed by atoms with van der Waals surface area (Å²) >= 11 is 6.03. The second kappa shape index (κ2) is 6.11. The molecule has 15 heavy (non-hydrogen) atoms. The molecular formula is C12H18ClNO. The Morgan fingerprint density at radius 2 is 2.20 bits per heavy atom. The molecule has 1 atom stereocenters. The molecule has 2 N–H and O–H groups in total. The van der Waals surface area contributed by atoms with Crippen molar-refractivity contribution in [2.45, 2.75) is 26.3 Å². The third kappa shape index (κ3) is 3.82. The zero-order valence-corrected chi connectivity index (χ0v) is 10.1. The van der Waals surface area contributed by atoms with E-state index in [-0.39, 0.29) is 6.04 Å². The monoisotopic (exact) mass is 227 g/mol. The highest BCUT2D eigenvalue weighted by Gasteiger charge is 2.07. The Hall–Kier alpha value is -0.570. The molecule has 0 radical (unpaired) electrons. The third-order valence-corrected chi connectivity index (χ3v) is 2.81. The van der Waals surface area contributed by atoms with Gasteiger partial charge in [0.1, 0.15) is 0 Å². The number of rotatable bonds is 5. The second-order valence-corrected chi connectivity index (χ2v) is 4.01. The van der Waals surface area contributed by atoms with Crippen molar-refractivity contribution in [3.05, 3.63) is 34.3 Å². The molecule has 2 nitrogen and oxygen atoms in total. The van der Waals surface area contributed by atoms with Gasteiger partial charge in [-0.1, -0.05) is 23.7 Å². The van der Waals surface area contributed by atoms with Crippen LogP contribution in [0.2, 0.25) is 5.02 Å². The minimum absolute atomic E-state index is 0.00894. The van der Waals surface area contributed by atoms with Crippen LogP contribution in [0.4, 0.5) is 0 Å². The van der Waals surface area contributed by atoms with Crippen LogP contribution in [0.15, 0.2) is 18.2 Å². The van der Waals surface area contributed by atoms with Gasteiger partial charge in [0.25, 0.3) is 0 Å². The van der Waals surface area contributed by atoms with Gasteiger partial charge in [-0.2, -0.15) is 0 Å². The van der Waals surface area contributed by atoms with Gasteiger partial charge in [0.15, 0.2) is 0 Å². The maximum atomic E-state index is 6.03. The molecule has 0 aliphatic heterocycles. The summed E-state index contributed by atoms with van der Waals surface area (Å²) in [4.78, 5) is 0. The van der Waals surface area contributed by atoms with Gasteiger partial charge in [-0.05, 0) is 37.5 Å². The van der Waals surface area contributed by atoms with Crippen molar-refractivity contribution in [1.29, 1.82) is 0 Å². The number of nitrogens with two attached hydrogens (primary N) is 1. The lowest BCUT2D eigenvalue weighted by Gasteiger charge is -2.12. The first-order valence-corrected chi connectivity index (χ1v) is 5.62. The average Bonchev–Trinajstić information content (AvgIpc) is 2.22. The number of ether oxygens (including phenoxy) is 1. The lowest BCUT2D eigenvalue weighted by molar-refractivity contribution is 0.140. The summed E-state index contributed by atoms with van der Waals surface area (Å²) in [7, 11) is 0. The Balaban J connectivity index is 2.57. The molecule has 1 rings (SSSR count). The standard InChI is InChI=1S/C12H18ClNO/c1-3-15-7-6-12(14)10-5-4-9(2)11(13)8-10/h4-5,8,12H,3,6-7,14H2,1-2H3. The van der Waals surface area contributed by atoms with Crippen molar-refractivity contribution >= 4 is 11.6 Å². The van der Waals surface area contributed by atoms with Gasteiger partial charge in [0.2, 0.25) is 0 Å². The van der Waals surface area contributed by atoms with Crippen LogP contribution in [-0.2, 0) is 4.74 Å². The number of aryl methyl sites for hydroxylation is 1. The Kier molecular flexibility index (Phi) is 5.09. The van der Waals surface area contributed by atoms with Crippen molar-refractivity contribution in [1.82, 2.24) is 0 Å². The van der Waals surface area contributed by atoms with Gasteiger partial charge in [-0.3, -0.25) is 0 Å². The Morgan fingerprint density at radius 1 is 1.47 bits per heavy atom. The first-order chi connectivity index (χ1) is 7.15. The minimum Gasteiger partial charge on any atom is -0.382 e. The van der Waals surface area contributed by atoms with Crippen LogP contribution >= 0.6 is 11.6 Å². The van der Waals surface area contributed by atoms with E-state index in [4.69, 9.17) is 22.1 Å². The summed E-state index contributed by atoms with van der Waals surface area (Å²) in [5.74, 6) is 0. The van der Waals surface area contributed by atoms with E-state index in [0.29, 0.717) is 6.61 Å². The molecule has 0 fully saturated rings. The van der Waals surface area contributed by atoms with Crippen LogP contribution < -0.4 is 5.73 Å². The Morgan fingerprint density at radius 3 is 2.80 bits per heavy atom. The zero-order valence-electron chi connectivity index (χ0n) is 9.29. The Labute approximate surface area is 96.4 Å². The summed E-state index contributed by atoms with van der Waals surface area (Å²) in [5.41, 5.74) is 8.17. The smallest absolute Gasteiger partial charge is 0.0483 e. The summed E-state index contributed by atoms with van der Waals surface area (Å²) in [5, 5.41) is 0.777. The molecule has 3 heteroatoms. The molecule has 0 saturated heterocycles. The van der Waals surface area contributed by atoms with E-state index in [2.05, 4.69) is 0 Å². The van der Waals surface area contributed by atoms with Crippen LogP contribution in [0, 0.1) is 6.92 Å². The summed E-state index contributed by atoms with van der Waals surface area (Å²) < 4.78 is 5.27. The highest BCUT2D eigenvalue weighted by molar-refractivity contribution is 6.31. The van der Waals surface area contributed by atoms with Crippen LogP contribution in [0.5, 0.6) is 0 Å². The van der Waals surface area contributed by atoms with E-state index >= 15 is 0 Å². The van der Waals surface area contributed by atoms with Crippen LogP contribution in [0.1, 0.15) is 30.5 Å². The lowest BCUT2D eigenvalue weighted by atomic mass is 10.0. The molecule has 0 aromatic heterocycles. The first kappa shape index (κ1) is 12.5. The van der Waals surface area contributed by atoms with E-state index in [1.165, 1.54) is 0 Å². The highest BCUT2D eigenvalue weighted by Crippen LogP contribution is 2.21. The van der Waals surface area contributed by atoms with Crippen molar-refractivity contribution in [3.63, 3.8) is 0 Å². The summed E-state index contributed by atoms with van der Waals surface area (Å²) in [6.07, 6.45) is 0.827. The van der Waals surface area contributed by atoms with Crippen LogP contribution in [0.3, 0.4) is 0 Å². The predicted octanol–water partition coefficient (Wildman–Crippen LogP) is 3.07. The average molecular weight is 228 g/mol. The molecule has 0 heterocycles. The lowest BCUT2D eigenvalue weighted by Crippen LogP contribution is -2.13. The highest BCUT2D eigenvalue weighted by atomic mass is 35.5. The largest absolute Gasteiger partial charge is 0.382 e. The van der Waals surface area contributed by atoms with Crippen molar-refractivity contribution in [2.24, 2.45) is 5.73 Å². The zero-order chi connectivity index (χ0) is 11.3. The molecule has 0 aliphatic carbocycles. The number of benzene rings is 1. The molecule has 0 amide bonds. The normalized spacial score (nSPS) is 12.8. The van der Waals surface area contributed by atoms with E-state index in [1.54, 1.807) is 0 Å². The molecule has 1 unspecified atom stereocenters. The first-order valence-electron chi connectivity index (χ1n) is 5.24. The van der Waals surface area contributed by atoms with Gasteiger partial charge in [0.05, 0.1) is 0 Å². The minimum atomic E-state index is 0.00894. The van der Waals surface area contributed by atoms with Gasteiger partial charge in [0, 0.05) is 24.3 Å². The molecule has 0 aliphatic rings. The quantitative estimate of drug-likeness (QED) is 0.785. The molecule has 84 valence electrons. The molecule has 0 bridgehead atoms. The van der Waals surface area contributed by atoms with Crippen LogP contribution in [0.25, 0.3) is 0 Å². The maximum Gasteiger partial charge on any atom is 0.0483 e. The fourth-order valence-corrected chi connectivity index (χ4v) is 1.55. The van der Waals surface area contributed by atoms with Gasteiger partial charge >= 0.3 is 0 Å². The van der Waals surface area contributed by atoms with Gasteiger partial charge in [-0.15, -0.1) is 0 Å². The fourth-order valence-electron chi connectivity index (χ4n) is 1.36. The molecule has 0 spiro atoms. The van der Waals surface area contributed by atoms with E-state index in [0.717, 1.165) is 29.2 Å². The van der Waals surface area contributed by atoms with Crippen molar-refractivity contribution in [3.8, 4) is 0 Å². The maximum absolute atomic E-state index is 6.03. The topological polar surface area (TPSA) is 35.2 Å². The van der Waals surface area contributed by atoms with Crippen molar-refractivity contribution < 1.29 is 4.74 Å². The van der Waals surface area contributed by atoms with Gasteiger partial charge in [-0.25, -0.2) is 0 Å². The Bertz CT molecular complexity index is 314. The van der Waals surface area contributed by atoms with Crippen molar-refractivity contribution in [2.75, 3.05) is 13.2 Å². The molecule has 1 aromatic rings. The fraction of sp³-hybridized carbons (Fsp3) is 0.500. The SMILES string of the molecule is CCOCCC(N)c1ccc(C)c(Cl)c1. The van der Waals surface area contributed by atoms with E-state index in [9.17, 15) is 0 Å². The number of hydrogen-bond donors (Lipinski definition) is 1. The van der Waals surface area contributed by atoms with Gasteiger partial charge < -0.3 is 10.5 Å². The van der Waals surface area contributed by atoms with E-state index < -0.39 is 0 Å². The molecule has 1 aromatic carbocycles. The van der Waals surface area contributed by atoms with Crippen LogP contribution in [-0.4, -0.2) is 13.2 Å². The second-order valence-electron chi connectivity index (χ2n) is 3.60. The predicted molar refractivity (Wildman–Crippen MR) is 64.2 cm³/mol.